The van der Waals surface area contributed by atoms with Gasteiger partial charge < -0.3 is 10.2 Å². The molecule has 0 aromatic carbocycles. The number of nitrogens with one attached hydrogen (secondary N) is 1. The van der Waals surface area contributed by atoms with Gasteiger partial charge in [-0.05, 0) is 42.5 Å². The SMILES string of the molecule is CSCC[C@H](NC(C)=O)C(=O)N1CCCN(Cc2ccncc2)CC1. The van der Waals surface area contributed by atoms with Crippen LogP contribution < -0.4 is 5.32 Å². The summed E-state index contributed by atoms with van der Waals surface area (Å²) in [4.78, 5) is 32.6. The first-order chi connectivity index (χ1) is 12.1. The van der Waals surface area contributed by atoms with E-state index in [1.807, 2.05) is 35.7 Å². The van der Waals surface area contributed by atoms with Crippen molar-refractivity contribution in [3.05, 3.63) is 30.1 Å². The van der Waals surface area contributed by atoms with E-state index in [4.69, 9.17) is 0 Å². The van der Waals surface area contributed by atoms with Crippen LogP contribution in [0.4, 0.5) is 0 Å². The summed E-state index contributed by atoms with van der Waals surface area (Å²) >= 11 is 1.69. The maximum Gasteiger partial charge on any atom is 0.245 e. The van der Waals surface area contributed by atoms with E-state index >= 15 is 0 Å². The lowest BCUT2D eigenvalue weighted by Gasteiger charge is -2.26. The second-order valence-corrected chi connectivity index (χ2v) is 7.33. The molecular weight excluding hydrogens is 336 g/mol. The summed E-state index contributed by atoms with van der Waals surface area (Å²) in [5.41, 5.74) is 1.24. The summed E-state index contributed by atoms with van der Waals surface area (Å²) in [7, 11) is 0. The molecule has 0 saturated carbocycles. The van der Waals surface area contributed by atoms with Crippen LogP contribution >= 0.6 is 11.8 Å². The van der Waals surface area contributed by atoms with Crippen molar-refractivity contribution in [1.82, 2.24) is 20.1 Å². The Morgan fingerprint density at radius 1 is 1.24 bits per heavy atom. The molecule has 2 rings (SSSR count). The Morgan fingerprint density at radius 3 is 2.68 bits per heavy atom. The number of carbonyl (C=O) groups is 2. The van der Waals surface area contributed by atoms with Crippen LogP contribution in [0.25, 0.3) is 0 Å². The van der Waals surface area contributed by atoms with Gasteiger partial charge in [-0.2, -0.15) is 11.8 Å². The van der Waals surface area contributed by atoms with Crippen LogP contribution in [-0.4, -0.2) is 70.8 Å². The van der Waals surface area contributed by atoms with Crippen LogP contribution in [0.2, 0.25) is 0 Å². The molecule has 25 heavy (non-hydrogen) atoms. The average Bonchev–Trinajstić information content (AvgIpc) is 2.84. The molecule has 1 atom stereocenters. The topological polar surface area (TPSA) is 65.5 Å². The van der Waals surface area contributed by atoms with Crippen molar-refractivity contribution < 1.29 is 9.59 Å². The first-order valence-electron chi connectivity index (χ1n) is 8.76. The second kappa shape index (κ2) is 10.4. The molecule has 0 bridgehead atoms. The third-order valence-corrected chi connectivity index (χ3v) is 4.99. The molecule has 1 aliphatic heterocycles. The van der Waals surface area contributed by atoms with Crippen LogP contribution in [0.1, 0.15) is 25.3 Å². The second-order valence-electron chi connectivity index (χ2n) is 6.35. The van der Waals surface area contributed by atoms with Gasteiger partial charge in [-0.15, -0.1) is 0 Å². The predicted octanol–water partition coefficient (Wildman–Crippen LogP) is 1.37. The minimum absolute atomic E-state index is 0.0509. The van der Waals surface area contributed by atoms with Gasteiger partial charge in [-0.25, -0.2) is 0 Å². The lowest BCUT2D eigenvalue weighted by Crippen LogP contribution is -2.49. The molecule has 7 heteroatoms. The van der Waals surface area contributed by atoms with Gasteiger partial charge in [0.2, 0.25) is 11.8 Å². The fourth-order valence-corrected chi connectivity index (χ4v) is 3.53. The van der Waals surface area contributed by atoms with Gasteiger partial charge in [0.15, 0.2) is 0 Å². The Balaban J connectivity index is 1.91. The highest BCUT2D eigenvalue weighted by Gasteiger charge is 2.26. The number of hydrogen-bond acceptors (Lipinski definition) is 5. The fourth-order valence-electron chi connectivity index (χ4n) is 3.05. The molecule has 2 amide bonds. The first-order valence-corrected chi connectivity index (χ1v) is 10.2. The summed E-state index contributed by atoms with van der Waals surface area (Å²) in [6.07, 6.45) is 7.26. The Kier molecular flexibility index (Phi) is 8.21. The van der Waals surface area contributed by atoms with Crippen molar-refractivity contribution in [1.29, 1.82) is 0 Å². The van der Waals surface area contributed by atoms with Gasteiger partial charge in [0.05, 0.1) is 0 Å². The average molecular weight is 365 g/mol. The molecule has 0 radical (unpaired) electrons. The van der Waals surface area contributed by atoms with Gasteiger partial charge in [0.1, 0.15) is 6.04 Å². The maximum absolute atomic E-state index is 12.8. The van der Waals surface area contributed by atoms with Crippen LogP contribution in [0.5, 0.6) is 0 Å². The molecule has 1 aromatic rings. The summed E-state index contributed by atoms with van der Waals surface area (Å²) in [5, 5.41) is 2.82. The van der Waals surface area contributed by atoms with Crippen LogP contribution in [0, 0.1) is 0 Å². The molecule has 0 spiro atoms. The van der Waals surface area contributed by atoms with Crippen molar-refractivity contribution >= 4 is 23.6 Å². The first kappa shape index (κ1) is 19.7. The number of amides is 2. The van der Waals surface area contributed by atoms with E-state index in [1.54, 1.807) is 11.8 Å². The van der Waals surface area contributed by atoms with Gasteiger partial charge in [-0.3, -0.25) is 19.5 Å². The van der Waals surface area contributed by atoms with E-state index in [0.717, 1.165) is 38.4 Å². The molecule has 2 heterocycles. The van der Waals surface area contributed by atoms with Gasteiger partial charge >= 0.3 is 0 Å². The number of rotatable bonds is 7. The minimum Gasteiger partial charge on any atom is -0.345 e. The molecule has 1 N–H and O–H groups in total. The van der Waals surface area contributed by atoms with E-state index in [-0.39, 0.29) is 11.8 Å². The standard InChI is InChI=1S/C18H28N4O2S/c1-15(23)20-17(6-13-25-2)18(24)22-10-3-9-21(11-12-22)14-16-4-7-19-8-5-16/h4-5,7-8,17H,3,6,9-14H2,1-2H3,(H,20,23)/t17-/m0/s1. The highest BCUT2D eigenvalue weighted by Crippen LogP contribution is 2.11. The van der Waals surface area contributed by atoms with Gasteiger partial charge in [0.25, 0.3) is 0 Å². The number of thioether (sulfide) groups is 1. The predicted molar refractivity (Wildman–Crippen MR) is 101 cm³/mol. The van der Waals surface area contributed by atoms with E-state index in [0.29, 0.717) is 13.0 Å². The molecule has 0 aliphatic carbocycles. The third kappa shape index (κ3) is 6.66. The largest absolute Gasteiger partial charge is 0.345 e. The number of carbonyl (C=O) groups excluding carboxylic acids is 2. The van der Waals surface area contributed by atoms with Crippen LogP contribution in [-0.2, 0) is 16.1 Å². The summed E-state index contributed by atoms with van der Waals surface area (Å²) in [5.74, 6) is 0.766. The minimum atomic E-state index is -0.406. The molecule has 138 valence electrons. The summed E-state index contributed by atoms with van der Waals surface area (Å²) in [6, 6.07) is 3.66. The Hall–Kier alpha value is -1.60. The molecule has 0 unspecified atom stereocenters. The van der Waals surface area contributed by atoms with Crippen LogP contribution in [0.15, 0.2) is 24.5 Å². The number of aromatic nitrogens is 1. The lowest BCUT2D eigenvalue weighted by atomic mass is 10.2. The number of pyridine rings is 1. The van der Waals surface area contributed by atoms with E-state index < -0.39 is 6.04 Å². The Morgan fingerprint density at radius 2 is 2.00 bits per heavy atom. The third-order valence-electron chi connectivity index (χ3n) is 4.34. The molecule has 1 fully saturated rings. The normalized spacial score (nSPS) is 17.0. The highest BCUT2D eigenvalue weighted by molar-refractivity contribution is 7.98. The lowest BCUT2D eigenvalue weighted by molar-refractivity contribution is -0.136. The highest BCUT2D eigenvalue weighted by atomic mass is 32.2. The quantitative estimate of drug-likeness (QED) is 0.792. The molecule has 6 nitrogen and oxygen atoms in total. The summed E-state index contributed by atoms with van der Waals surface area (Å²) < 4.78 is 0. The van der Waals surface area contributed by atoms with Gasteiger partial charge in [-0.1, -0.05) is 0 Å². The smallest absolute Gasteiger partial charge is 0.245 e. The zero-order valence-corrected chi connectivity index (χ0v) is 15.9. The Bertz CT molecular complexity index is 555. The van der Waals surface area contributed by atoms with Crippen molar-refractivity contribution in [3.63, 3.8) is 0 Å². The summed E-state index contributed by atoms with van der Waals surface area (Å²) in [6.45, 7) is 5.63. The maximum atomic E-state index is 12.8. The molecular formula is C18H28N4O2S. The van der Waals surface area contributed by atoms with E-state index in [1.165, 1.54) is 12.5 Å². The van der Waals surface area contributed by atoms with E-state index in [9.17, 15) is 9.59 Å². The molecule has 1 aliphatic rings. The fraction of sp³-hybridized carbons (Fsp3) is 0.611. The monoisotopic (exact) mass is 364 g/mol. The van der Waals surface area contributed by atoms with Crippen molar-refractivity contribution in [2.75, 3.05) is 38.2 Å². The zero-order chi connectivity index (χ0) is 18.1. The number of hydrogen-bond donors (Lipinski definition) is 1. The van der Waals surface area contributed by atoms with Crippen molar-refractivity contribution in [2.45, 2.75) is 32.4 Å². The van der Waals surface area contributed by atoms with Crippen molar-refractivity contribution in [3.8, 4) is 0 Å². The molecule has 1 aromatic heterocycles. The van der Waals surface area contributed by atoms with Crippen LogP contribution in [0.3, 0.4) is 0 Å². The molecule has 1 saturated heterocycles. The Labute approximate surface area is 154 Å². The van der Waals surface area contributed by atoms with Gasteiger partial charge in [0, 0.05) is 52.0 Å². The van der Waals surface area contributed by atoms with E-state index in [2.05, 4.69) is 15.2 Å². The zero-order valence-electron chi connectivity index (χ0n) is 15.1. The van der Waals surface area contributed by atoms with Crippen molar-refractivity contribution in [2.24, 2.45) is 0 Å². The number of nitrogens with zero attached hydrogens (tertiary/aromatic N) is 3.